The predicted octanol–water partition coefficient (Wildman–Crippen LogP) is 1.96. The Balaban J connectivity index is 2.24. The molecule has 0 unspecified atom stereocenters. The lowest BCUT2D eigenvalue weighted by Gasteiger charge is -2.06. The zero-order valence-electron chi connectivity index (χ0n) is 8.29. The van der Waals surface area contributed by atoms with Gasteiger partial charge in [-0.05, 0) is 37.3 Å². The molecule has 2 rings (SSSR count). The van der Waals surface area contributed by atoms with Crippen molar-refractivity contribution < 1.29 is 4.79 Å². The van der Waals surface area contributed by atoms with Gasteiger partial charge in [0.1, 0.15) is 5.82 Å². The third kappa shape index (κ3) is 1.76. The lowest BCUT2D eigenvalue weighted by Crippen LogP contribution is -2.08. The maximum absolute atomic E-state index is 11.8. The Hall–Kier alpha value is -1.38. The van der Waals surface area contributed by atoms with E-state index in [0.717, 1.165) is 5.56 Å². The molecule has 0 amide bonds. The summed E-state index contributed by atoms with van der Waals surface area (Å²) in [6.07, 6.45) is 4.64. The Kier molecular flexibility index (Phi) is 2.23. The second-order valence-corrected chi connectivity index (χ2v) is 3.96. The molecule has 0 saturated heterocycles. The van der Waals surface area contributed by atoms with Gasteiger partial charge in [-0.25, -0.2) is 4.98 Å². The zero-order valence-corrected chi connectivity index (χ0v) is 8.29. The van der Waals surface area contributed by atoms with Gasteiger partial charge in [0.2, 0.25) is 0 Å². The van der Waals surface area contributed by atoms with Crippen LogP contribution in [-0.2, 0) is 0 Å². The maximum atomic E-state index is 11.8. The Morgan fingerprint density at radius 3 is 2.93 bits per heavy atom. The van der Waals surface area contributed by atoms with E-state index in [1.165, 1.54) is 12.8 Å². The van der Waals surface area contributed by atoms with Crippen LogP contribution in [0, 0.1) is 12.8 Å². The molecule has 14 heavy (non-hydrogen) atoms. The first-order chi connectivity index (χ1) is 6.68. The van der Waals surface area contributed by atoms with Crippen LogP contribution in [0.2, 0.25) is 0 Å². The molecule has 1 fully saturated rings. The molecule has 1 heterocycles. The van der Waals surface area contributed by atoms with Crippen LogP contribution < -0.4 is 5.73 Å². The fourth-order valence-corrected chi connectivity index (χ4v) is 1.63. The van der Waals surface area contributed by atoms with Crippen molar-refractivity contribution in [2.45, 2.75) is 26.2 Å². The first kappa shape index (κ1) is 9.19. The van der Waals surface area contributed by atoms with Crippen LogP contribution in [-0.4, -0.2) is 10.8 Å². The van der Waals surface area contributed by atoms with Gasteiger partial charge in [-0.2, -0.15) is 0 Å². The van der Waals surface area contributed by atoms with Gasteiger partial charge in [0, 0.05) is 12.6 Å². The molecule has 1 aliphatic carbocycles. The average molecular weight is 190 g/mol. The molecule has 0 radical (unpaired) electrons. The Morgan fingerprint density at radius 2 is 2.36 bits per heavy atom. The normalized spacial score (nSPS) is 15.5. The Labute approximate surface area is 83.3 Å². The monoisotopic (exact) mass is 190 g/mol. The molecular weight excluding hydrogens is 176 g/mol. The van der Waals surface area contributed by atoms with Gasteiger partial charge in [-0.15, -0.1) is 0 Å². The number of nitrogens with two attached hydrogens (primary N) is 1. The Morgan fingerprint density at radius 1 is 1.64 bits per heavy atom. The van der Waals surface area contributed by atoms with Gasteiger partial charge >= 0.3 is 0 Å². The number of carbonyl (C=O) groups excluding carboxylic acids is 1. The van der Waals surface area contributed by atoms with Crippen molar-refractivity contribution in [3.63, 3.8) is 0 Å². The molecule has 1 aromatic heterocycles. The number of ketones is 1. The minimum Gasteiger partial charge on any atom is -0.383 e. The average Bonchev–Trinajstić information content (AvgIpc) is 2.87. The lowest BCUT2D eigenvalue weighted by molar-refractivity contribution is 0.0976. The fourth-order valence-electron chi connectivity index (χ4n) is 1.63. The molecule has 0 atom stereocenters. The van der Waals surface area contributed by atoms with Crippen molar-refractivity contribution in [1.82, 2.24) is 4.98 Å². The largest absolute Gasteiger partial charge is 0.383 e. The molecule has 3 nitrogen and oxygen atoms in total. The van der Waals surface area contributed by atoms with Gasteiger partial charge in [-0.3, -0.25) is 4.79 Å². The van der Waals surface area contributed by atoms with Crippen LogP contribution in [0.1, 0.15) is 35.2 Å². The van der Waals surface area contributed by atoms with Crippen LogP contribution in [0.3, 0.4) is 0 Å². The van der Waals surface area contributed by atoms with E-state index in [1.807, 2.05) is 13.0 Å². The third-order valence-corrected chi connectivity index (χ3v) is 2.64. The molecule has 0 spiro atoms. The smallest absolute Gasteiger partial charge is 0.167 e. The molecule has 1 aliphatic rings. The minimum absolute atomic E-state index is 0.149. The van der Waals surface area contributed by atoms with Crippen molar-refractivity contribution in [1.29, 1.82) is 0 Å². The number of carbonyl (C=O) groups is 1. The summed E-state index contributed by atoms with van der Waals surface area (Å²) in [4.78, 5) is 15.8. The molecule has 74 valence electrons. The molecule has 1 aromatic rings. The van der Waals surface area contributed by atoms with Gasteiger partial charge in [-0.1, -0.05) is 0 Å². The number of rotatable bonds is 3. The highest BCUT2D eigenvalue weighted by Gasteiger charge is 2.26. The maximum Gasteiger partial charge on any atom is 0.167 e. The molecular formula is C11H14N2O. The fraction of sp³-hybridized carbons (Fsp3) is 0.455. The quantitative estimate of drug-likeness (QED) is 0.741. The van der Waals surface area contributed by atoms with Crippen molar-refractivity contribution in [2.24, 2.45) is 5.92 Å². The number of nitrogens with zero attached hydrogens (tertiary/aromatic N) is 1. The van der Waals surface area contributed by atoms with Crippen LogP contribution in [0.15, 0.2) is 12.3 Å². The van der Waals surface area contributed by atoms with Gasteiger partial charge in [0.05, 0.1) is 5.56 Å². The van der Waals surface area contributed by atoms with E-state index >= 15 is 0 Å². The lowest BCUT2D eigenvalue weighted by atomic mass is 10.0. The SMILES string of the molecule is Cc1ccnc(N)c1C(=O)CC1CC1. The summed E-state index contributed by atoms with van der Waals surface area (Å²) in [5.74, 6) is 1.12. The second kappa shape index (κ2) is 3.40. The van der Waals surface area contributed by atoms with Crippen LogP contribution in [0.25, 0.3) is 0 Å². The van der Waals surface area contributed by atoms with Crippen molar-refractivity contribution in [2.75, 3.05) is 5.73 Å². The number of aromatic nitrogens is 1. The number of hydrogen-bond donors (Lipinski definition) is 1. The number of hydrogen-bond acceptors (Lipinski definition) is 3. The molecule has 1 saturated carbocycles. The summed E-state index contributed by atoms with van der Waals surface area (Å²) < 4.78 is 0. The van der Waals surface area contributed by atoms with E-state index in [9.17, 15) is 4.79 Å². The first-order valence-corrected chi connectivity index (χ1v) is 4.92. The van der Waals surface area contributed by atoms with Crippen LogP contribution in [0.5, 0.6) is 0 Å². The predicted molar refractivity (Wildman–Crippen MR) is 55.1 cm³/mol. The van der Waals surface area contributed by atoms with Crippen LogP contribution >= 0.6 is 0 Å². The third-order valence-electron chi connectivity index (χ3n) is 2.64. The second-order valence-electron chi connectivity index (χ2n) is 3.96. The first-order valence-electron chi connectivity index (χ1n) is 4.92. The van der Waals surface area contributed by atoms with E-state index in [0.29, 0.717) is 23.7 Å². The van der Waals surface area contributed by atoms with E-state index in [2.05, 4.69) is 4.98 Å². The van der Waals surface area contributed by atoms with E-state index in [4.69, 9.17) is 5.73 Å². The standard InChI is InChI=1S/C11H14N2O/c1-7-4-5-13-11(12)10(7)9(14)6-8-2-3-8/h4-5,8H,2-3,6H2,1H3,(H2,12,13). The number of aryl methyl sites for hydroxylation is 1. The summed E-state index contributed by atoms with van der Waals surface area (Å²) in [6.45, 7) is 1.90. The number of Topliss-reactive ketones (excluding diaryl/α,β-unsaturated/α-hetero) is 1. The van der Waals surface area contributed by atoms with E-state index in [-0.39, 0.29) is 5.78 Å². The van der Waals surface area contributed by atoms with Gasteiger partial charge in [0.15, 0.2) is 5.78 Å². The number of pyridine rings is 1. The van der Waals surface area contributed by atoms with Crippen molar-refractivity contribution >= 4 is 11.6 Å². The summed E-state index contributed by atoms with van der Waals surface area (Å²) in [5, 5.41) is 0. The topological polar surface area (TPSA) is 56.0 Å². The highest BCUT2D eigenvalue weighted by Crippen LogP contribution is 2.34. The van der Waals surface area contributed by atoms with Crippen molar-refractivity contribution in [3.8, 4) is 0 Å². The molecule has 0 aromatic carbocycles. The highest BCUT2D eigenvalue weighted by molar-refractivity contribution is 6.01. The Bertz CT molecular complexity index is 349. The molecule has 3 heteroatoms. The summed E-state index contributed by atoms with van der Waals surface area (Å²) in [7, 11) is 0. The summed E-state index contributed by atoms with van der Waals surface area (Å²) in [5.41, 5.74) is 7.24. The molecule has 2 N–H and O–H groups in total. The highest BCUT2D eigenvalue weighted by atomic mass is 16.1. The minimum atomic E-state index is 0.149. The van der Waals surface area contributed by atoms with Crippen molar-refractivity contribution in [3.05, 3.63) is 23.4 Å². The van der Waals surface area contributed by atoms with E-state index in [1.54, 1.807) is 6.20 Å². The van der Waals surface area contributed by atoms with E-state index < -0.39 is 0 Å². The molecule has 0 aliphatic heterocycles. The number of anilines is 1. The summed E-state index contributed by atoms with van der Waals surface area (Å²) >= 11 is 0. The summed E-state index contributed by atoms with van der Waals surface area (Å²) in [6, 6.07) is 1.83. The molecule has 0 bridgehead atoms. The zero-order chi connectivity index (χ0) is 10.1. The number of nitrogen functional groups attached to an aromatic ring is 1. The van der Waals surface area contributed by atoms with Gasteiger partial charge in [0.25, 0.3) is 0 Å². The van der Waals surface area contributed by atoms with Crippen LogP contribution in [0.4, 0.5) is 5.82 Å². The van der Waals surface area contributed by atoms with Gasteiger partial charge < -0.3 is 5.73 Å².